The van der Waals surface area contributed by atoms with Gasteiger partial charge in [0.25, 0.3) is 0 Å². The van der Waals surface area contributed by atoms with Crippen molar-refractivity contribution in [2.24, 2.45) is 5.92 Å². The fourth-order valence-corrected chi connectivity index (χ4v) is 2.97. The number of halogens is 2. The average Bonchev–Trinajstić information content (AvgIpc) is 2.46. The molecule has 1 aromatic rings. The van der Waals surface area contributed by atoms with Crippen LogP contribution in [-0.2, 0) is 20.7 Å². The van der Waals surface area contributed by atoms with Crippen LogP contribution in [0.25, 0.3) is 0 Å². The van der Waals surface area contributed by atoms with Crippen molar-refractivity contribution in [3.8, 4) is 0 Å². The molecule has 22 heavy (non-hydrogen) atoms. The van der Waals surface area contributed by atoms with Gasteiger partial charge in [-0.15, -0.1) is 0 Å². The second-order valence-electron chi connectivity index (χ2n) is 5.30. The summed E-state index contributed by atoms with van der Waals surface area (Å²) in [6, 6.07) is 3.82. The molecule has 0 spiro atoms. The number of carboxylic acid groups (broad SMARTS) is 1. The molecule has 0 radical (unpaired) electrons. The third-order valence-corrected chi connectivity index (χ3v) is 3.94. The van der Waals surface area contributed by atoms with Crippen LogP contribution in [0, 0.1) is 5.92 Å². The highest BCUT2D eigenvalue weighted by Crippen LogP contribution is 2.20. The number of nitrogens with one attached hydrogen (secondary N) is 1. The van der Waals surface area contributed by atoms with Crippen molar-refractivity contribution < 1.29 is 19.4 Å². The van der Waals surface area contributed by atoms with Crippen molar-refractivity contribution in [3.05, 3.63) is 33.8 Å². The molecule has 1 amide bonds. The van der Waals surface area contributed by atoms with E-state index in [1.165, 1.54) is 0 Å². The van der Waals surface area contributed by atoms with Crippen molar-refractivity contribution in [1.29, 1.82) is 0 Å². The van der Waals surface area contributed by atoms with Gasteiger partial charge in [-0.2, -0.15) is 0 Å². The zero-order chi connectivity index (χ0) is 16.1. The van der Waals surface area contributed by atoms with Gasteiger partial charge in [-0.25, -0.2) is 4.79 Å². The summed E-state index contributed by atoms with van der Waals surface area (Å²) in [6.45, 7) is 0.980. The van der Waals surface area contributed by atoms with Gasteiger partial charge in [-0.1, -0.05) is 23.2 Å². The van der Waals surface area contributed by atoms with Gasteiger partial charge in [0.2, 0.25) is 5.91 Å². The van der Waals surface area contributed by atoms with Crippen LogP contribution in [-0.4, -0.2) is 36.2 Å². The number of hydrogen-bond acceptors (Lipinski definition) is 3. The number of aliphatic carboxylic acids is 1. The molecule has 7 heteroatoms. The molecule has 1 saturated heterocycles. The summed E-state index contributed by atoms with van der Waals surface area (Å²) in [5.74, 6) is -1.68. The lowest BCUT2D eigenvalue weighted by molar-refractivity contribution is -0.143. The molecule has 2 atom stereocenters. The van der Waals surface area contributed by atoms with Crippen molar-refractivity contribution in [2.45, 2.75) is 25.3 Å². The summed E-state index contributed by atoms with van der Waals surface area (Å²) in [4.78, 5) is 23.5. The van der Waals surface area contributed by atoms with Gasteiger partial charge in [-0.05, 0) is 36.6 Å². The molecule has 0 bridgehead atoms. The predicted octanol–water partition coefficient (Wildman–Crippen LogP) is 2.53. The minimum Gasteiger partial charge on any atom is -0.480 e. The lowest BCUT2D eigenvalue weighted by Crippen LogP contribution is -2.46. The Morgan fingerprint density at radius 2 is 2.00 bits per heavy atom. The highest BCUT2D eigenvalue weighted by atomic mass is 35.5. The number of hydrogen-bond donors (Lipinski definition) is 2. The number of amides is 1. The Morgan fingerprint density at radius 1 is 1.32 bits per heavy atom. The van der Waals surface area contributed by atoms with Crippen molar-refractivity contribution in [2.75, 3.05) is 13.2 Å². The maximum Gasteiger partial charge on any atom is 0.326 e. The Hall–Kier alpha value is -1.30. The lowest BCUT2D eigenvalue weighted by atomic mass is 10.00. The van der Waals surface area contributed by atoms with Gasteiger partial charge in [0.05, 0.1) is 12.5 Å². The molecule has 1 aromatic carbocycles. The number of carbonyl (C=O) groups excluding carboxylic acids is 1. The van der Waals surface area contributed by atoms with Crippen LogP contribution in [0.15, 0.2) is 18.2 Å². The first kappa shape index (κ1) is 17.1. The standard InChI is InChI=1S/C15H17Cl2NO4/c16-11-4-9(5-12(17)7-11)6-13(15(20)21)18-14(19)10-2-1-3-22-8-10/h4-5,7,10,13H,1-3,6,8H2,(H,18,19)(H,20,21). The van der Waals surface area contributed by atoms with E-state index in [2.05, 4.69) is 5.32 Å². The molecule has 2 unspecified atom stereocenters. The van der Waals surface area contributed by atoms with Crippen LogP contribution >= 0.6 is 23.2 Å². The lowest BCUT2D eigenvalue weighted by Gasteiger charge is -2.23. The van der Waals surface area contributed by atoms with E-state index in [1.54, 1.807) is 18.2 Å². The van der Waals surface area contributed by atoms with E-state index in [1.807, 2.05) is 0 Å². The van der Waals surface area contributed by atoms with Crippen LogP contribution in [0.3, 0.4) is 0 Å². The van der Waals surface area contributed by atoms with Gasteiger partial charge in [-0.3, -0.25) is 4.79 Å². The van der Waals surface area contributed by atoms with Gasteiger partial charge in [0, 0.05) is 23.1 Å². The van der Waals surface area contributed by atoms with Gasteiger partial charge in [0.1, 0.15) is 6.04 Å². The number of ether oxygens (including phenoxy) is 1. The first-order valence-corrected chi connectivity index (χ1v) is 7.77. The fraction of sp³-hybridized carbons (Fsp3) is 0.467. The van der Waals surface area contributed by atoms with E-state index in [4.69, 9.17) is 27.9 Å². The molecule has 1 aliphatic heterocycles. The number of carbonyl (C=O) groups is 2. The minimum absolute atomic E-state index is 0.120. The SMILES string of the molecule is O=C(NC(Cc1cc(Cl)cc(Cl)c1)C(=O)O)C1CCCOC1. The molecule has 1 heterocycles. The molecule has 0 saturated carbocycles. The summed E-state index contributed by atoms with van der Waals surface area (Å²) in [5, 5.41) is 12.7. The molecular formula is C15H17Cl2NO4. The Morgan fingerprint density at radius 3 is 2.55 bits per heavy atom. The van der Waals surface area contributed by atoms with E-state index in [9.17, 15) is 14.7 Å². The zero-order valence-corrected chi connectivity index (χ0v) is 13.4. The summed E-state index contributed by atoms with van der Waals surface area (Å²) in [5.41, 5.74) is 0.657. The van der Waals surface area contributed by atoms with Crippen LogP contribution in [0.2, 0.25) is 10.0 Å². The molecule has 5 nitrogen and oxygen atoms in total. The number of carboxylic acids is 1. The Balaban J connectivity index is 2.03. The van der Waals surface area contributed by atoms with E-state index in [0.717, 1.165) is 6.42 Å². The predicted molar refractivity (Wildman–Crippen MR) is 83.3 cm³/mol. The molecule has 0 aliphatic carbocycles. The number of rotatable bonds is 5. The van der Waals surface area contributed by atoms with E-state index >= 15 is 0 Å². The third-order valence-electron chi connectivity index (χ3n) is 3.51. The maximum absolute atomic E-state index is 12.1. The molecule has 1 fully saturated rings. The first-order valence-electron chi connectivity index (χ1n) is 7.01. The summed E-state index contributed by atoms with van der Waals surface area (Å²) in [6.07, 6.45) is 1.63. The summed E-state index contributed by atoms with van der Waals surface area (Å²) >= 11 is 11.8. The van der Waals surface area contributed by atoms with Crippen molar-refractivity contribution >= 4 is 35.1 Å². The van der Waals surface area contributed by atoms with Crippen molar-refractivity contribution in [1.82, 2.24) is 5.32 Å². The molecule has 1 aliphatic rings. The highest BCUT2D eigenvalue weighted by molar-refractivity contribution is 6.34. The average molecular weight is 346 g/mol. The van der Waals surface area contributed by atoms with E-state index in [-0.39, 0.29) is 18.2 Å². The monoisotopic (exact) mass is 345 g/mol. The molecule has 2 N–H and O–H groups in total. The van der Waals surface area contributed by atoms with Crippen molar-refractivity contribution in [3.63, 3.8) is 0 Å². The smallest absolute Gasteiger partial charge is 0.326 e. The molecule has 0 aromatic heterocycles. The van der Waals surface area contributed by atoms with Crippen LogP contribution in [0.4, 0.5) is 0 Å². The van der Waals surface area contributed by atoms with Crippen LogP contribution in [0.5, 0.6) is 0 Å². The molecule has 120 valence electrons. The van der Waals surface area contributed by atoms with Crippen LogP contribution in [0.1, 0.15) is 18.4 Å². The maximum atomic E-state index is 12.1. The molecular weight excluding hydrogens is 329 g/mol. The largest absolute Gasteiger partial charge is 0.480 e. The first-order chi connectivity index (χ1) is 10.5. The third kappa shape index (κ3) is 4.87. The Labute approximate surface area is 138 Å². The topological polar surface area (TPSA) is 75.6 Å². The van der Waals surface area contributed by atoms with Gasteiger partial charge < -0.3 is 15.2 Å². The quantitative estimate of drug-likeness (QED) is 0.859. The molecule has 2 rings (SSSR count). The van der Waals surface area contributed by atoms with E-state index in [0.29, 0.717) is 35.2 Å². The minimum atomic E-state index is -1.10. The summed E-state index contributed by atoms with van der Waals surface area (Å²) < 4.78 is 5.25. The van der Waals surface area contributed by atoms with Gasteiger partial charge >= 0.3 is 5.97 Å². The zero-order valence-electron chi connectivity index (χ0n) is 11.9. The number of benzene rings is 1. The van der Waals surface area contributed by atoms with Crippen LogP contribution < -0.4 is 5.32 Å². The fourth-order valence-electron chi connectivity index (χ4n) is 2.40. The van der Waals surface area contributed by atoms with E-state index < -0.39 is 12.0 Å². The normalized spacial score (nSPS) is 19.5. The van der Waals surface area contributed by atoms with Gasteiger partial charge in [0.15, 0.2) is 0 Å². The summed E-state index contributed by atoms with van der Waals surface area (Å²) in [7, 11) is 0. The second kappa shape index (κ2) is 7.81. The highest BCUT2D eigenvalue weighted by Gasteiger charge is 2.27. The Kier molecular flexibility index (Phi) is 6.06. The second-order valence-corrected chi connectivity index (χ2v) is 6.17. The Bertz CT molecular complexity index is 538.